The molecule has 1 aliphatic carbocycles. The Kier molecular flexibility index (Phi) is 3.95. The molecule has 0 spiro atoms. The summed E-state index contributed by atoms with van der Waals surface area (Å²) in [5, 5.41) is 0. The van der Waals surface area contributed by atoms with Crippen molar-refractivity contribution in [2.24, 2.45) is 5.84 Å². The summed E-state index contributed by atoms with van der Waals surface area (Å²) in [6.07, 6.45) is 5.37. The van der Waals surface area contributed by atoms with E-state index in [0.717, 1.165) is 18.4 Å². The van der Waals surface area contributed by atoms with Crippen molar-refractivity contribution in [1.82, 2.24) is 4.98 Å². The number of anilines is 1. The normalized spacial score (nSPS) is 17.6. The molecular formula is C16H19N3O. The lowest BCUT2D eigenvalue weighted by Crippen LogP contribution is -2.13. The van der Waals surface area contributed by atoms with Crippen molar-refractivity contribution in [1.29, 1.82) is 0 Å². The molecule has 20 heavy (non-hydrogen) atoms. The number of aryl methyl sites for hydroxylation is 1. The summed E-state index contributed by atoms with van der Waals surface area (Å²) in [5.74, 6) is 6.03. The predicted molar refractivity (Wildman–Crippen MR) is 79.0 cm³/mol. The second-order valence-corrected chi connectivity index (χ2v) is 5.08. The van der Waals surface area contributed by atoms with E-state index in [1.807, 2.05) is 12.1 Å². The Balaban J connectivity index is 1.70. The molecule has 0 aliphatic heterocycles. The summed E-state index contributed by atoms with van der Waals surface area (Å²) in [7, 11) is 0. The zero-order valence-electron chi connectivity index (χ0n) is 11.4. The molecule has 3 N–H and O–H groups in total. The molecule has 3 rings (SSSR count). The van der Waals surface area contributed by atoms with Gasteiger partial charge in [0.05, 0.1) is 12.7 Å². The standard InChI is InChI=1S/C16H19N3O/c17-19-16-10-12(8-9-18-16)11-20-15-7-3-5-13-4-1-2-6-14(13)15/h1-2,4,6,8-10,15H,3,5,7,11,17H2,(H,18,19). The van der Waals surface area contributed by atoms with Crippen LogP contribution in [-0.4, -0.2) is 4.98 Å². The molecule has 1 heterocycles. The summed E-state index contributed by atoms with van der Waals surface area (Å²) >= 11 is 0. The largest absolute Gasteiger partial charge is 0.369 e. The zero-order chi connectivity index (χ0) is 13.8. The van der Waals surface area contributed by atoms with Crippen LogP contribution in [0.15, 0.2) is 42.6 Å². The van der Waals surface area contributed by atoms with Crippen LogP contribution >= 0.6 is 0 Å². The number of nitrogen functional groups attached to an aromatic ring is 1. The Morgan fingerprint density at radius 1 is 1.30 bits per heavy atom. The van der Waals surface area contributed by atoms with E-state index in [9.17, 15) is 0 Å². The van der Waals surface area contributed by atoms with Gasteiger partial charge in [-0.05, 0) is 48.1 Å². The van der Waals surface area contributed by atoms with Crippen molar-refractivity contribution >= 4 is 5.82 Å². The first-order valence-corrected chi connectivity index (χ1v) is 6.98. The highest BCUT2D eigenvalue weighted by Crippen LogP contribution is 2.32. The van der Waals surface area contributed by atoms with E-state index in [-0.39, 0.29) is 6.10 Å². The molecule has 0 amide bonds. The van der Waals surface area contributed by atoms with Gasteiger partial charge in [-0.1, -0.05) is 24.3 Å². The summed E-state index contributed by atoms with van der Waals surface area (Å²) in [6, 6.07) is 12.4. The van der Waals surface area contributed by atoms with E-state index in [1.54, 1.807) is 6.20 Å². The average molecular weight is 269 g/mol. The van der Waals surface area contributed by atoms with Crippen LogP contribution in [0.2, 0.25) is 0 Å². The number of nitrogens with two attached hydrogens (primary N) is 1. The molecule has 4 nitrogen and oxygen atoms in total. The van der Waals surface area contributed by atoms with Gasteiger partial charge in [0.15, 0.2) is 0 Å². The number of hydrogen-bond acceptors (Lipinski definition) is 4. The fourth-order valence-corrected chi connectivity index (χ4v) is 2.72. The Hall–Kier alpha value is -1.91. The molecule has 104 valence electrons. The Bertz CT molecular complexity index is 585. The van der Waals surface area contributed by atoms with Gasteiger partial charge in [-0.25, -0.2) is 10.8 Å². The number of ether oxygens (including phenoxy) is 1. The monoisotopic (exact) mass is 269 g/mol. The van der Waals surface area contributed by atoms with E-state index in [1.165, 1.54) is 17.5 Å². The minimum absolute atomic E-state index is 0.197. The highest BCUT2D eigenvalue weighted by molar-refractivity contribution is 5.36. The first kappa shape index (κ1) is 13.1. The van der Waals surface area contributed by atoms with Crippen LogP contribution in [0.25, 0.3) is 0 Å². The summed E-state index contributed by atoms with van der Waals surface area (Å²) in [5.41, 5.74) is 6.39. The molecule has 1 unspecified atom stereocenters. The van der Waals surface area contributed by atoms with Gasteiger partial charge in [0.2, 0.25) is 0 Å². The molecule has 1 aliphatic rings. The minimum Gasteiger partial charge on any atom is -0.369 e. The fourth-order valence-electron chi connectivity index (χ4n) is 2.72. The predicted octanol–water partition coefficient (Wildman–Crippen LogP) is 2.96. The smallest absolute Gasteiger partial charge is 0.140 e. The number of aromatic nitrogens is 1. The highest BCUT2D eigenvalue weighted by atomic mass is 16.5. The Labute approximate surface area is 119 Å². The third-order valence-electron chi connectivity index (χ3n) is 3.74. The fraction of sp³-hybridized carbons (Fsp3) is 0.312. The van der Waals surface area contributed by atoms with Crippen LogP contribution in [0.3, 0.4) is 0 Å². The molecule has 0 bridgehead atoms. The van der Waals surface area contributed by atoms with Crippen molar-refractivity contribution in [2.45, 2.75) is 32.0 Å². The lowest BCUT2D eigenvalue weighted by Gasteiger charge is -2.25. The van der Waals surface area contributed by atoms with Crippen LogP contribution in [-0.2, 0) is 17.8 Å². The van der Waals surface area contributed by atoms with Gasteiger partial charge in [-0.2, -0.15) is 0 Å². The third kappa shape index (κ3) is 2.81. The van der Waals surface area contributed by atoms with Gasteiger partial charge in [0.25, 0.3) is 0 Å². The van der Waals surface area contributed by atoms with Crippen molar-refractivity contribution in [3.05, 3.63) is 59.3 Å². The number of rotatable bonds is 4. The zero-order valence-corrected chi connectivity index (χ0v) is 11.4. The SMILES string of the molecule is NNc1cc(COC2CCCc3ccccc32)ccn1. The van der Waals surface area contributed by atoms with Crippen molar-refractivity contribution in [3.8, 4) is 0 Å². The lowest BCUT2D eigenvalue weighted by molar-refractivity contribution is 0.0282. The first-order valence-electron chi connectivity index (χ1n) is 6.98. The highest BCUT2D eigenvalue weighted by Gasteiger charge is 2.20. The molecule has 0 saturated heterocycles. The molecule has 1 aromatic heterocycles. The Morgan fingerprint density at radius 2 is 2.20 bits per heavy atom. The molecule has 2 aromatic rings. The third-order valence-corrected chi connectivity index (χ3v) is 3.74. The molecule has 0 saturated carbocycles. The van der Waals surface area contributed by atoms with E-state index >= 15 is 0 Å². The van der Waals surface area contributed by atoms with Crippen molar-refractivity contribution in [3.63, 3.8) is 0 Å². The van der Waals surface area contributed by atoms with Crippen LogP contribution in [0, 0.1) is 0 Å². The first-order chi connectivity index (χ1) is 9.86. The molecule has 4 heteroatoms. The maximum Gasteiger partial charge on any atom is 0.140 e. The molecular weight excluding hydrogens is 250 g/mol. The number of nitrogens with zero attached hydrogens (tertiary/aromatic N) is 1. The molecule has 0 radical (unpaired) electrons. The number of hydrogen-bond donors (Lipinski definition) is 2. The van der Waals surface area contributed by atoms with Gasteiger partial charge >= 0.3 is 0 Å². The second kappa shape index (κ2) is 6.03. The summed E-state index contributed by atoms with van der Waals surface area (Å²) in [6.45, 7) is 0.580. The molecule has 1 atom stereocenters. The maximum absolute atomic E-state index is 6.10. The van der Waals surface area contributed by atoms with E-state index < -0.39 is 0 Å². The van der Waals surface area contributed by atoms with Gasteiger partial charge in [-0.15, -0.1) is 0 Å². The maximum atomic E-state index is 6.10. The summed E-state index contributed by atoms with van der Waals surface area (Å²) < 4.78 is 6.10. The van der Waals surface area contributed by atoms with Gasteiger partial charge in [-0.3, -0.25) is 0 Å². The van der Waals surface area contributed by atoms with Gasteiger partial charge in [0.1, 0.15) is 5.82 Å². The van der Waals surface area contributed by atoms with Crippen LogP contribution in [0.5, 0.6) is 0 Å². The number of nitrogens with one attached hydrogen (secondary N) is 1. The van der Waals surface area contributed by atoms with Gasteiger partial charge < -0.3 is 10.2 Å². The van der Waals surface area contributed by atoms with Crippen LogP contribution in [0.4, 0.5) is 5.82 Å². The number of benzene rings is 1. The summed E-state index contributed by atoms with van der Waals surface area (Å²) in [4.78, 5) is 4.10. The minimum atomic E-state index is 0.197. The van der Waals surface area contributed by atoms with Crippen molar-refractivity contribution in [2.75, 3.05) is 5.43 Å². The quantitative estimate of drug-likeness (QED) is 0.661. The van der Waals surface area contributed by atoms with E-state index in [0.29, 0.717) is 12.4 Å². The number of pyridine rings is 1. The van der Waals surface area contributed by atoms with Gasteiger partial charge in [0, 0.05) is 6.20 Å². The second-order valence-electron chi connectivity index (χ2n) is 5.08. The molecule has 1 aromatic carbocycles. The number of hydrazine groups is 1. The Morgan fingerprint density at radius 3 is 3.10 bits per heavy atom. The van der Waals surface area contributed by atoms with Crippen LogP contribution < -0.4 is 11.3 Å². The average Bonchev–Trinajstić information content (AvgIpc) is 2.53. The van der Waals surface area contributed by atoms with Crippen molar-refractivity contribution < 1.29 is 4.74 Å². The lowest BCUT2D eigenvalue weighted by atomic mass is 9.89. The topological polar surface area (TPSA) is 60.2 Å². The van der Waals surface area contributed by atoms with E-state index in [4.69, 9.17) is 10.6 Å². The molecule has 0 fully saturated rings. The van der Waals surface area contributed by atoms with E-state index in [2.05, 4.69) is 34.7 Å². The number of fused-ring (bicyclic) bond motifs is 1. The van der Waals surface area contributed by atoms with Crippen LogP contribution in [0.1, 0.15) is 35.6 Å².